The van der Waals surface area contributed by atoms with Crippen molar-refractivity contribution in [1.82, 2.24) is 10.2 Å². The molecule has 2 aromatic rings. The molecule has 2 aliphatic carbocycles. The van der Waals surface area contributed by atoms with Gasteiger partial charge in [0, 0.05) is 37.9 Å². The van der Waals surface area contributed by atoms with Crippen molar-refractivity contribution in [3.05, 3.63) is 65.7 Å². The molecule has 39 heavy (non-hydrogen) atoms. The van der Waals surface area contributed by atoms with E-state index in [1.807, 2.05) is 18.2 Å². The van der Waals surface area contributed by atoms with Crippen LogP contribution < -0.4 is 10.1 Å². The van der Waals surface area contributed by atoms with E-state index in [-0.39, 0.29) is 17.9 Å². The number of ether oxygens (including phenoxy) is 1. The Hall–Kier alpha value is -2.70. The van der Waals surface area contributed by atoms with Gasteiger partial charge < -0.3 is 20.1 Å². The number of amides is 1. The molecule has 5 rings (SSSR count). The fourth-order valence-corrected chi connectivity index (χ4v) is 6.96. The molecule has 3 aliphatic rings. The number of aliphatic hydroxyl groups is 1. The molecule has 0 bridgehead atoms. The zero-order valence-corrected chi connectivity index (χ0v) is 23.4. The van der Waals surface area contributed by atoms with E-state index in [0.29, 0.717) is 31.6 Å². The van der Waals surface area contributed by atoms with Gasteiger partial charge in [-0.2, -0.15) is 0 Å². The quantitative estimate of drug-likeness (QED) is 0.237. The highest BCUT2D eigenvalue weighted by Gasteiger charge is 2.57. The average molecular weight is 533 g/mol. The van der Waals surface area contributed by atoms with Gasteiger partial charge in [0.05, 0.1) is 5.60 Å². The third-order valence-electron chi connectivity index (χ3n) is 9.17. The van der Waals surface area contributed by atoms with Crippen LogP contribution in [0, 0.1) is 5.92 Å². The average Bonchev–Trinajstić information content (AvgIpc) is 3.73. The summed E-state index contributed by atoms with van der Waals surface area (Å²) in [7, 11) is 0. The normalized spacial score (nSPS) is 27.0. The van der Waals surface area contributed by atoms with Gasteiger partial charge in [0.2, 0.25) is 5.91 Å². The van der Waals surface area contributed by atoms with Crippen LogP contribution in [0.2, 0.25) is 0 Å². The van der Waals surface area contributed by atoms with Gasteiger partial charge in [0.1, 0.15) is 5.75 Å². The Kier molecular flexibility index (Phi) is 8.73. The number of nitrogens with zero attached hydrogens (tertiary/aromatic N) is 1. The molecule has 1 saturated heterocycles. The Bertz CT molecular complexity index is 1130. The summed E-state index contributed by atoms with van der Waals surface area (Å²) in [4.78, 5) is 27.0. The molecule has 0 radical (unpaired) electrons. The number of hydrogen-bond donors (Lipinski definition) is 2. The van der Waals surface area contributed by atoms with E-state index in [2.05, 4.69) is 40.5 Å². The lowest BCUT2D eigenvalue weighted by molar-refractivity contribution is -0.134. The topological polar surface area (TPSA) is 78.9 Å². The molecule has 1 aliphatic heterocycles. The predicted molar refractivity (Wildman–Crippen MR) is 153 cm³/mol. The largest absolute Gasteiger partial charge is 0.427 e. The Morgan fingerprint density at radius 3 is 2.62 bits per heavy atom. The molecule has 2 N–H and O–H groups in total. The highest BCUT2D eigenvalue weighted by Crippen LogP contribution is 2.52. The Balaban J connectivity index is 1.23. The number of fused-ring (bicyclic) bond motifs is 1. The zero-order valence-electron chi connectivity index (χ0n) is 23.4. The van der Waals surface area contributed by atoms with Crippen molar-refractivity contribution in [2.45, 2.75) is 94.6 Å². The number of carbonyl (C=O) groups excluding carboxylic acids is 2. The Morgan fingerprint density at radius 1 is 1.03 bits per heavy atom. The van der Waals surface area contributed by atoms with Gasteiger partial charge in [-0.15, -0.1) is 0 Å². The van der Waals surface area contributed by atoms with Crippen LogP contribution in [-0.2, 0) is 21.4 Å². The van der Waals surface area contributed by atoms with Gasteiger partial charge in [-0.25, -0.2) is 0 Å². The van der Waals surface area contributed by atoms with Crippen molar-refractivity contribution in [2.75, 3.05) is 19.6 Å². The standard InChI is InChI=1S/C33H44N2O4/c1-25(36)39-30-13-8-12-28(21-30)32-19-20-35(23-27-15-16-27)24-33(32,38)18-17-29(22-32)34-31(37)14-7-3-6-11-26-9-4-2-5-10-26/h2,4-5,8-10,12-13,21,27,29,38H,3,6-7,11,14-20,22-24H2,1H3,(H,34,37)/t29-,32+,33+/m1/s1. The van der Waals surface area contributed by atoms with Gasteiger partial charge in [-0.3, -0.25) is 9.59 Å². The minimum absolute atomic E-state index is 0.0226. The van der Waals surface area contributed by atoms with Gasteiger partial charge >= 0.3 is 5.97 Å². The number of rotatable bonds is 11. The lowest BCUT2D eigenvalue weighted by atomic mass is 9.55. The lowest BCUT2D eigenvalue weighted by Gasteiger charge is -2.58. The summed E-state index contributed by atoms with van der Waals surface area (Å²) in [6.45, 7) is 4.06. The van der Waals surface area contributed by atoms with Crippen molar-refractivity contribution in [3.8, 4) is 5.75 Å². The van der Waals surface area contributed by atoms with E-state index in [1.165, 1.54) is 25.3 Å². The number of carbonyl (C=O) groups is 2. The first-order chi connectivity index (χ1) is 18.8. The Labute approximate surface area is 233 Å². The molecule has 0 aromatic heterocycles. The van der Waals surface area contributed by atoms with E-state index < -0.39 is 11.0 Å². The molecular weight excluding hydrogens is 488 g/mol. The second-order valence-corrected chi connectivity index (χ2v) is 12.2. The molecular formula is C33H44N2O4. The number of benzene rings is 2. The third kappa shape index (κ3) is 6.90. The molecule has 6 heteroatoms. The number of piperidine rings is 1. The molecule has 6 nitrogen and oxygen atoms in total. The minimum atomic E-state index is -0.881. The van der Waals surface area contributed by atoms with Crippen LogP contribution >= 0.6 is 0 Å². The first kappa shape index (κ1) is 27.9. The lowest BCUT2D eigenvalue weighted by Crippen LogP contribution is -2.67. The molecule has 3 fully saturated rings. The van der Waals surface area contributed by atoms with Crippen molar-refractivity contribution in [2.24, 2.45) is 5.92 Å². The summed E-state index contributed by atoms with van der Waals surface area (Å²) >= 11 is 0. The van der Waals surface area contributed by atoms with Crippen molar-refractivity contribution >= 4 is 11.9 Å². The highest BCUT2D eigenvalue weighted by atomic mass is 16.5. The Morgan fingerprint density at radius 2 is 1.85 bits per heavy atom. The maximum atomic E-state index is 12.9. The summed E-state index contributed by atoms with van der Waals surface area (Å²) in [6, 6.07) is 18.2. The smallest absolute Gasteiger partial charge is 0.308 e. The number of hydrogen-bond acceptors (Lipinski definition) is 5. The molecule has 210 valence electrons. The fraction of sp³-hybridized carbons (Fsp3) is 0.576. The highest BCUT2D eigenvalue weighted by molar-refractivity contribution is 5.76. The molecule has 0 spiro atoms. The third-order valence-corrected chi connectivity index (χ3v) is 9.17. The summed E-state index contributed by atoms with van der Waals surface area (Å²) in [6.07, 6.45) is 10.2. The van der Waals surface area contributed by atoms with Crippen LogP contribution in [0.5, 0.6) is 5.75 Å². The number of β-amino-alcohol motifs (C(OH)–C–C–N with tert-alkyl or cyclic N) is 1. The summed E-state index contributed by atoms with van der Waals surface area (Å²) in [5.74, 6) is 1.05. The number of esters is 1. The maximum absolute atomic E-state index is 12.9. The summed E-state index contributed by atoms with van der Waals surface area (Å²) in [5, 5.41) is 15.6. The van der Waals surface area contributed by atoms with Crippen LogP contribution in [-0.4, -0.2) is 53.2 Å². The van der Waals surface area contributed by atoms with Gasteiger partial charge in [0.15, 0.2) is 0 Å². The first-order valence-electron chi connectivity index (χ1n) is 14.9. The van der Waals surface area contributed by atoms with Crippen LogP contribution in [0.25, 0.3) is 0 Å². The summed E-state index contributed by atoms with van der Waals surface area (Å²) < 4.78 is 5.42. The van der Waals surface area contributed by atoms with Gasteiger partial charge in [-0.05, 0) is 93.5 Å². The van der Waals surface area contributed by atoms with E-state index in [0.717, 1.165) is 63.1 Å². The fourth-order valence-electron chi connectivity index (χ4n) is 6.96. The van der Waals surface area contributed by atoms with E-state index in [4.69, 9.17) is 4.74 Å². The SMILES string of the molecule is CC(=O)Oc1cccc([C@@]23CCN(CC4CC4)C[C@@]2(O)CC[C@@H](NC(=O)CCCCCc2ccccc2)C3)c1. The molecule has 3 atom stereocenters. The van der Waals surface area contributed by atoms with E-state index >= 15 is 0 Å². The van der Waals surface area contributed by atoms with Crippen molar-refractivity contribution in [3.63, 3.8) is 0 Å². The molecule has 2 saturated carbocycles. The predicted octanol–water partition coefficient (Wildman–Crippen LogP) is 5.17. The second-order valence-electron chi connectivity index (χ2n) is 12.2. The van der Waals surface area contributed by atoms with Crippen molar-refractivity contribution in [1.29, 1.82) is 0 Å². The van der Waals surface area contributed by atoms with Crippen LogP contribution in [0.1, 0.15) is 82.3 Å². The zero-order chi connectivity index (χ0) is 27.3. The van der Waals surface area contributed by atoms with E-state index in [1.54, 1.807) is 6.07 Å². The van der Waals surface area contributed by atoms with Crippen LogP contribution in [0.4, 0.5) is 0 Å². The van der Waals surface area contributed by atoms with Crippen LogP contribution in [0.15, 0.2) is 54.6 Å². The number of aryl methyl sites for hydroxylation is 1. The minimum Gasteiger partial charge on any atom is -0.427 e. The van der Waals surface area contributed by atoms with Gasteiger partial charge in [0.25, 0.3) is 0 Å². The summed E-state index contributed by atoms with van der Waals surface area (Å²) in [5.41, 5.74) is 0.987. The molecule has 1 amide bonds. The van der Waals surface area contributed by atoms with E-state index in [9.17, 15) is 14.7 Å². The molecule has 1 heterocycles. The van der Waals surface area contributed by atoms with Gasteiger partial charge in [-0.1, -0.05) is 48.9 Å². The monoisotopic (exact) mass is 532 g/mol. The number of unbranched alkanes of at least 4 members (excludes halogenated alkanes) is 2. The number of nitrogens with one attached hydrogen (secondary N) is 1. The molecule has 0 unspecified atom stereocenters. The number of likely N-dealkylation sites (tertiary alicyclic amines) is 1. The molecule has 2 aromatic carbocycles. The second kappa shape index (κ2) is 12.2. The first-order valence-corrected chi connectivity index (χ1v) is 14.9. The maximum Gasteiger partial charge on any atom is 0.308 e. The van der Waals surface area contributed by atoms with Crippen LogP contribution in [0.3, 0.4) is 0 Å². The van der Waals surface area contributed by atoms with Crippen molar-refractivity contribution < 1.29 is 19.4 Å².